The van der Waals surface area contributed by atoms with E-state index >= 15 is 0 Å². The van der Waals surface area contributed by atoms with Crippen molar-refractivity contribution in [2.24, 2.45) is 5.92 Å². The third kappa shape index (κ3) is 4.75. The zero-order chi connectivity index (χ0) is 16.2. The molecule has 21 heavy (non-hydrogen) atoms. The molecule has 0 amide bonds. The summed E-state index contributed by atoms with van der Waals surface area (Å²) in [6.07, 6.45) is 1.93. The van der Waals surface area contributed by atoms with Gasteiger partial charge in [-0.05, 0) is 30.1 Å². The molecule has 118 valence electrons. The Kier molecular flexibility index (Phi) is 6.80. The Bertz CT molecular complexity index is 634. The van der Waals surface area contributed by atoms with E-state index in [1.54, 1.807) is 11.8 Å². The van der Waals surface area contributed by atoms with Gasteiger partial charge in [-0.3, -0.25) is 0 Å². The largest absolute Gasteiger partial charge is 0.478 e. The Hall–Kier alpha value is -0.470. The Morgan fingerprint density at radius 1 is 1.43 bits per heavy atom. The van der Waals surface area contributed by atoms with Gasteiger partial charge in [0.1, 0.15) is 4.90 Å². The van der Waals surface area contributed by atoms with Gasteiger partial charge in [0, 0.05) is 6.54 Å². The molecule has 0 saturated carbocycles. The fourth-order valence-corrected chi connectivity index (χ4v) is 4.38. The van der Waals surface area contributed by atoms with Crippen molar-refractivity contribution in [2.75, 3.05) is 18.6 Å². The molecule has 2 N–H and O–H groups in total. The van der Waals surface area contributed by atoms with E-state index in [0.717, 1.165) is 5.75 Å². The number of halogens is 2. The van der Waals surface area contributed by atoms with Crippen molar-refractivity contribution in [1.29, 1.82) is 0 Å². The number of rotatable bonds is 7. The standard InChI is InChI=1S/C12H15Cl2NO4S2/c1-7(6-20-2)5-15-21(18,19)9-4-3-8(13)10(11(9)14)12(16)17/h3-4,7,15H,5-6H2,1-2H3,(H,16,17). The highest BCUT2D eigenvalue weighted by atomic mass is 35.5. The zero-order valence-electron chi connectivity index (χ0n) is 11.4. The second kappa shape index (κ2) is 7.69. The Labute approximate surface area is 138 Å². The molecule has 1 aromatic rings. The Balaban J connectivity index is 3.10. The lowest BCUT2D eigenvalue weighted by atomic mass is 10.2. The van der Waals surface area contributed by atoms with Crippen LogP contribution in [0.25, 0.3) is 0 Å². The zero-order valence-corrected chi connectivity index (χ0v) is 14.5. The van der Waals surface area contributed by atoms with E-state index in [4.69, 9.17) is 28.3 Å². The molecule has 0 aliphatic carbocycles. The molecule has 1 unspecified atom stereocenters. The van der Waals surface area contributed by atoms with E-state index in [-0.39, 0.29) is 27.4 Å². The Morgan fingerprint density at radius 2 is 2.05 bits per heavy atom. The summed E-state index contributed by atoms with van der Waals surface area (Å²) in [5.41, 5.74) is -0.418. The van der Waals surface area contributed by atoms with Crippen LogP contribution in [0.15, 0.2) is 17.0 Å². The first-order valence-electron chi connectivity index (χ1n) is 5.90. The van der Waals surface area contributed by atoms with E-state index in [2.05, 4.69) is 4.72 Å². The number of sulfonamides is 1. The second-order valence-corrected chi connectivity index (χ2v) is 7.88. The van der Waals surface area contributed by atoms with Crippen molar-refractivity contribution in [2.45, 2.75) is 11.8 Å². The van der Waals surface area contributed by atoms with E-state index in [1.807, 2.05) is 13.2 Å². The molecule has 1 rings (SSSR count). The SMILES string of the molecule is CSCC(C)CNS(=O)(=O)c1ccc(Cl)c(C(=O)O)c1Cl. The maximum Gasteiger partial charge on any atom is 0.338 e. The van der Waals surface area contributed by atoms with Crippen LogP contribution in [0.4, 0.5) is 0 Å². The summed E-state index contributed by atoms with van der Waals surface area (Å²) in [5, 5.41) is 8.54. The lowest BCUT2D eigenvalue weighted by molar-refractivity contribution is 0.0697. The summed E-state index contributed by atoms with van der Waals surface area (Å²) < 4.78 is 26.8. The first-order chi connectivity index (χ1) is 9.70. The van der Waals surface area contributed by atoms with E-state index in [1.165, 1.54) is 12.1 Å². The average molecular weight is 372 g/mol. The molecular weight excluding hydrogens is 357 g/mol. The van der Waals surface area contributed by atoms with Crippen LogP contribution in [-0.2, 0) is 10.0 Å². The van der Waals surface area contributed by atoms with Gasteiger partial charge in [0.2, 0.25) is 10.0 Å². The van der Waals surface area contributed by atoms with Crippen LogP contribution < -0.4 is 4.72 Å². The van der Waals surface area contributed by atoms with Crippen LogP contribution >= 0.6 is 35.0 Å². The summed E-state index contributed by atoms with van der Waals surface area (Å²) in [6.45, 7) is 2.15. The smallest absolute Gasteiger partial charge is 0.338 e. The molecule has 5 nitrogen and oxygen atoms in total. The summed E-state index contributed by atoms with van der Waals surface area (Å²) in [7, 11) is -3.89. The van der Waals surface area contributed by atoms with Crippen LogP contribution in [0.1, 0.15) is 17.3 Å². The fourth-order valence-electron chi connectivity index (χ4n) is 1.61. The van der Waals surface area contributed by atoms with Gasteiger partial charge in [-0.15, -0.1) is 0 Å². The topological polar surface area (TPSA) is 83.5 Å². The molecule has 0 aliphatic rings. The van der Waals surface area contributed by atoms with Crippen LogP contribution in [0.5, 0.6) is 0 Å². The number of carbonyl (C=O) groups is 1. The summed E-state index contributed by atoms with van der Waals surface area (Å²) in [4.78, 5) is 10.8. The van der Waals surface area contributed by atoms with Gasteiger partial charge in [-0.2, -0.15) is 11.8 Å². The minimum atomic E-state index is -3.89. The van der Waals surface area contributed by atoms with Crippen molar-refractivity contribution in [1.82, 2.24) is 4.72 Å². The number of carboxylic acid groups (broad SMARTS) is 1. The molecular formula is C12H15Cl2NO4S2. The average Bonchev–Trinajstić information content (AvgIpc) is 2.36. The Morgan fingerprint density at radius 3 is 2.57 bits per heavy atom. The van der Waals surface area contributed by atoms with Gasteiger partial charge >= 0.3 is 5.97 Å². The quantitative estimate of drug-likeness (QED) is 0.769. The minimum absolute atomic E-state index is 0.109. The van der Waals surface area contributed by atoms with Gasteiger partial charge in [0.05, 0.1) is 15.6 Å². The van der Waals surface area contributed by atoms with Crippen molar-refractivity contribution < 1.29 is 18.3 Å². The monoisotopic (exact) mass is 371 g/mol. The second-order valence-electron chi connectivity index (χ2n) is 4.45. The van der Waals surface area contributed by atoms with E-state index in [0.29, 0.717) is 0 Å². The number of hydrogen-bond acceptors (Lipinski definition) is 4. The lowest BCUT2D eigenvalue weighted by Crippen LogP contribution is -2.29. The van der Waals surface area contributed by atoms with E-state index < -0.39 is 21.6 Å². The van der Waals surface area contributed by atoms with Crippen LogP contribution in [-0.4, -0.2) is 38.0 Å². The number of hydrogen-bond donors (Lipinski definition) is 2. The van der Waals surface area contributed by atoms with Gasteiger partial charge in [0.15, 0.2) is 0 Å². The molecule has 0 heterocycles. The number of nitrogens with one attached hydrogen (secondary N) is 1. The summed E-state index contributed by atoms with van der Waals surface area (Å²) >= 11 is 13.2. The molecule has 0 saturated heterocycles. The predicted molar refractivity (Wildman–Crippen MR) is 86.2 cm³/mol. The molecule has 0 radical (unpaired) electrons. The van der Waals surface area contributed by atoms with Crippen molar-refractivity contribution >= 4 is 51.0 Å². The van der Waals surface area contributed by atoms with Crippen molar-refractivity contribution in [3.8, 4) is 0 Å². The highest BCUT2D eigenvalue weighted by Crippen LogP contribution is 2.31. The predicted octanol–water partition coefficient (Wildman–Crippen LogP) is 2.97. The van der Waals surface area contributed by atoms with Crippen LogP contribution in [0.3, 0.4) is 0 Å². The molecule has 1 aromatic carbocycles. The maximum absolute atomic E-state index is 12.2. The van der Waals surface area contributed by atoms with Gasteiger partial charge in [0.25, 0.3) is 0 Å². The minimum Gasteiger partial charge on any atom is -0.478 e. The van der Waals surface area contributed by atoms with Crippen LogP contribution in [0.2, 0.25) is 10.0 Å². The number of aromatic carboxylic acids is 1. The van der Waals surface area contributed by atoms with Crippen molar-refractivity contribution in [3.63, 3.8) is 0 Å². The number of carboxylic acids is 1. The maximum atomic E-state index is 12.2. The molecule has 9 heteroatoms. The fraction of sp³-hybridized carbons (Fsp3) is 0.417. The number of benzene rings is 1. The van der Waals surface area contributed by atoms with Gasteiger partial charge in [-0.1, -0.05) is 30.1 Å². The summed E-state index contributed by atoms with van der Waals surface area (Å²) in [6, 6.07) is 2.40. The lowest BCUT2D eigenvalue weighted by Gasteiger charge is -2.13. The number of thioether (sulfide) groups is 1. The van der Waals surface area contributed by atoms with Crippen molar-refractivity contribution in [3.05, 3.63) is 27.7 Å². The molecule has 0 aromatic heterocycles. The summed E-state index contributed by atoms with van der Waals surface area (Å²) in [5.74, 6) is -0.436. The highest BCUT2D eigenvalue weighted by molar-refractivity contribution is 7.98. The normalized spacial score (nSPS) is 13.1. The molecule has 0 bridgehead atoms. The van der Waals surface area contributed by atoms with E-state index in [9.17, 15) is 13.2 Å². The molecule has 0 spiro atoms. The van der Waals surface area contributed by atoms with Crippen LogP contribution in [0, 0.1) is 5.92 Å². The first kappa shape index (κ1) is 18.6. The molecule has 0 fully saturated rings. The molecule has 0 aliphatic heterocycles. The molecule has 1 atom stereocenters. The third-order valence-electron chi connectivity index (χ3n) is 2.63. The third-order valence-corrected chi connectivity index (χ3v) is 5.82. The van der Waals surface area contributed by atoms with Gasteiger partial charge < -0.3 is 5.11 Å². The van der Waals surface area contributed by atoms with Gasteiger partial charge in [-0.25, -0.2) is 17.9 Å². The highest BCUT2D eigenvalue weighted by Gasteiger charge is 2.24. The first-order valence-corrected chi connectivity index (χ1v) is 9.54.